The van der Waals surface area contributed by atoms with Crippen molar-refractivity contribution in [2.45, 2.75) is 82.0 Å². The van der Waals surface area contributed by atoms with Gasteiger partial charge in [0.15, 0.2) is 0 Å². The van der Waals surface area contributed by atoms with E-state index in [1.54, 1.807) is 0 Å². The van der Waals surface area contributed by atoms with Crippen LogP contribution < -0.4 is 38.5 Å². The molecule has 0 heterocycles. The summed E-state index contributed by atoms with van der Waals surface area (Å²) in [5.41, 5.74) is 17.4. The van der Waals surface area contributed by atoms with Gasteiger partial charge in [0.05, 0.1) is 12.6 Å². The molecule has 0 aliphatic heterocycles. The zero-order valence-electron chi connectivity index (χ0n) is 24.6. The van der Waals surface area contributed by atoms with Gasteiger partial charge in [-0.15, -0.1) is 0 Å². The lowest BCUT2D eigenvalue weighted by atomic mass is 10.0. The predicted octanol–water partition coefficient (Wildman–Crippen LogP) is -1.96. The number of benzene rings is 1. The van der Waals surface area contributed by atoms with Gasteiger partial charge < -0.3 is 53.8 Å². The first-order valence-corrected chi connectivity index (χ1v) is 14.4. The first-order valence-electron chi connectivity index (χ1n) is 14.4. The van der Waals surface area contributed by atoms with Crippen molar-refractivity contribution in [2.24, 2.45) is 17.2 Å². The van der Waals surface area contributed by atoms with Crippen LogP contribution in [0.5, 0.6) is 5.75 Å². The minimum atomic E-state index is -1.41. The van der Waals surface area contributed by atoms with Crippen LogP contribution in [0.4, 0.5) is 0 Å². The molecule has 1 aromatic carbocycles. The highest BCUT2D eigenvalue weighted by Gasteiger charge is 2.29. The molecule has 0 aromatic heterocycles. The van der Waals surface area contributed by atoms with Crippen LogP contribution in [0.25, 0.3) is 0 Å². The van der Waals surface area contributed by atoms with Crippen molar-refractivity contribution in [1.29, 1.82) is 0 Å². The highest BCUT2D eigenvalue weighted by molar-refractivity contribution is 5.94. The van der Waals surface area contributed by atoms with Crippen LogP contribution in [-0.2, 0) is 35.2 Å². The number of phenols is 1. The molecule has 0 fully saturated rings. The molecule has 16 nitrogen and oxygen atoms in total. The maximum atomic E-state index is 13.4. The third-order valence-electron chi connectivity index (χ3n) is 6.60. The van der Waals surface area contributed by atoms with Gasteiger partial charge in [-0.1, -0.05) is 18.6 Å². The number of carbonyl (C=O) groups excluding carboxylic acids is 4. The minimum absolute atomic E-state index is 0.0135. The van der Waals surface area contributed by atoms with Crippen LogP contribution in [0.2, 0.25) is 0 Å². The Morgan fingerprint density at radius 2 is 1.30 bits per heavy atom. The summed E-state index contributed by atoms with van der Waals surface area (Å²) >= 11 is 0. The van der Waals surface area contributed by atoms with Crippen molar-refractivity contribution in [1.82, 2.24) is 21.3 Å². The van der Waals surface area contributed by atoms with Crippen LogP contribution in [-0.4, -0.2) is 94.7 Å². The van der Waals surface area contributed by atoms with E-state index in [4.69, 9.17) is 22.3 Å². The van der Waals surface area contributed by atoms with Crippen LogP contribution in [0.15, 0.2) is 24.3 Å². The number of amides is 4. The fraction of sp³-hybridized carbons (Fsp3) is 0.571. The molecule has 0 saturated heterocycles. The second-order valence-electron chi connectivity index (χ2n) is 10.3. The largest absolute Gasteiger partial charge is 0.508 e. The molecule has 0 unspecified atom stereocenters. The van der Waals surface area contributed by atoms with Crippen molar-refractivity contribution in [2.75, 3.05) is 19.6 Å². The molecule has 13 N–H and O–H groups in total. The molecule has 4 atom stereocenters. The summed E-state index contributed by atoms with van der Waals surface area (Å²) in [6.07, 6.45) is 1.82. The third kappa shape index (κ3) is 15.3. The van der Waals surface area contributed by atoms with Crippen molar-refractivity contribution >= 4 is 35.6 Å². The summed E-state index contributed by atoms with van der Waals surface area (Å²) in [6.45, 7) is 0.155. The first kappa shape index (κ1) is 37.7. The zero-order valence-corrected chi connectivity index (χ0v) is 24.6. The molecular formula is C28H45N7O9. The van der Waals surface area contributed by atoms with Crippen LogP contribution in [0.3, 0.4) is 0 Å². The quantitative estimate of drug-likeness (QED) is 0.0630. The molecule has 1 rings (SSSR count). The Hall–Kier alpha value is -4.28. The van der Waals surface area contributed by atoms with Gasteiger partial charge in [-0.3, -0.25) is 24.0 Å². The molecule has 0 saturated carbocycles. The lowest BCUT2D eigenvalue weighted by Crippen LogP contribution is -2.57. The van der Waals surface area contributed by atoms with Crippen LogP contribution in [0.1, 0.15) is 56.9 Å². The lowest BCUT2D eigenvalue weighted by Gasteiger charge is -2.24. The average Bonchev–Trinajstić information content (AvgIpc) is 2.97. The standard InChI is InChI=1S/C28H45N7O9/c29-13-3-1-5-19(31)25(40)35-22(15-17-7-9-18(36)10-8-17)27(42)34-20(11-12-24(38)39)26(41)32-16-23(37)33-21(28(43)44)6-2-4-14-30/h7-10,19-22,36H,1-6,11-16,29-31H2,(H,32,41)(H,33,37)(H,34,42)(H,35,40)(H,38,39)(H,43,44)/t19-,20-,21-,22-/m0/s1. The number of unbranched alkanes of at least 4 members (excludes halogenated alkanes) is 2. The van der Waals surface area contributed by atoms with Crippen LogP contribution in [0, 0.1) is 0 Å². The molecule has 0 spiro atoms. The summed E-state index contributed by atoms with van der Waals surface area (Å²) in [7, 11) is 0. The second kappa shape index (κ2) is 20.6. The van der Waals surface area contributed by atoms with E-state index in [0.29, 0.717) is 50.8 Å². The van der Waals surface area contributed by atoms with Crippen molar-refractivity contribution < 1.29 is 44.1 Å². The van der Waals surface area contributed by atoms with E-state index in [1.807, 2.05) is 0 Å². The molecule has 246 valence electrons. The lowest BCUT2D eigenvalue weighted by molar-refractivity contribution is -0.142. The summed E-state index contributed by atoms with van der Waals surface area (Å²) in [5.74, 6) is -5.64. The Balaban J connectivity index is 3.01. The summed E-state index contributed by atoms with van der Waals surface area (Å²) in [6, 6.07) is 1.08. The van der Waals surface area contributed by atoms with Crippen molar-refractivity contribution in [3.63, 3.8) is 0 Å². The fourth-order valence-corrected chi connectivity index (χ4v) is 4.09. The Morgan fingerprint density at radius 1 is 0.705 bits per heavy atom. The Bertz CT molecular complexity index is 1100. The third-order valence-corrected chi connectivity index (χ3v) is 6.60. The van der Waals surface area contributed by atoms with Gasteiger partial charge in [0.25, 0.3) is 0 Å². The van der Waals surface area contributed by atoms with Gasteiger partial charge in [-0.2, -0.15) is 0 Å². The number of rotatable bonds is 22. The van der Waals surface area contributed by atoms with Gasteiger partial charge in [0.1, 0.15) is 23.9 Å². The number of carboxylic acids is 2. The maximum absolute atomic E-state index is 13.4. The summed E-state index contributed by atoms with van der Waals surface area (Å²) < 4.78 is 0. The van der Waals surface area contributed by atoms with E-state index in [-0.39, 0.29) is 25.0 Å². The second-order valence-corrected chi connectivity index (χ2v) is 10.3. The van der Waals surface area contributed by atoms with Gasteiger partial charge in [0.2, 0.25) is 23.6 Å². The molecular weight excluding hydrogens is 578 g/mol. The average molecular weight is 624 g/mol. The number of phenolic OH excluding ortho intramolecular Hbond substituents is 1. The molecule has 44 heavy (non-hydrogen) atoms. The predicted molar refractivity (Wildman–Crippen MR) is 159 cm³/mol. The molecule has 0 aliphatic carbocycles. The topological polar surface area (TPSA) is 289 Å². The molecule has 0 aliphatic rings. The van der Waals surface area contributed by atoms with E-state index in [2.05, 4.69) is 21.3 Å². The van der Waals surface area contributed by atoms with E-state index in [1.165, 1.54) is 24.3 Å². The Labute approximate surface area is 255 Å². The smallest absolute Gasteiger partial charge is 0.326 e. The normalized spacial score (nSPS) is 13.5. The Kier molecular flexibility index (Phi) is 17.7. The number of carbonyl (C=O) groups is 6. The van der Waals surface area contributed by atoms with Gasteiger partial charge in [0, 0.05) is 12.8 Å². The van der Waals surface area contributed by atoms with Crippen molar-refractivity contribution in [3.05, 3.63) is 29.8 Å². The van der Waals surface area contributed by atoms with E-state index >= 15 is 0 Å². The number of carboxylic acid groups (broad SMARTS) is 2. The van der Waals surface area contributed by atoms with Crippen LogP contribution >= 0.6 is 0 Å². The highest BCUT2D eigenvalue weighted by Crippen LogP contribution is 2.12. The van der Waals surface area contributed by atoms with E-state index in [9.17, 15) is 39.0 Å². The van der Waals surface area contributed by atoms with Gasteiger partial charge in [-0.05, 0) is 69.3 Å². The summed E-state index contributed by atoms with van der Waals surface area (Å²) in [5, 5.41) is 37.7. The van der Waals surface area contributed by atoms with Gasteiger partial charge in [-0.25, -0.2) is 4.79 Å². The fourth-order valence-electron chi connectivity index (χ4n) is 4.09. The maximum Gasteiger partial charge on any atom is 0.326 e. The number of hydrogen-bond donors (Lipinski definition) is 10. The zero-order chi connectivity index (χ0) is 33.1. The highest BCUT2D eigenvalue weighted by atomic mass is 16.4. The summed E-state index contributed by atoms with van der Waals surface area (Å²) in [4.78, 5) is 74.1. The number of nitrogens with two attached hydrogens (primary N) is 3. The molecule has 4 amide bonds. The van der Waals surface area contributed by atoms with E-state index < -0.39 is 72.7 Å². The van der Waals surface area contributed by atoms with Gasteiger partial charge >= 0.3 is 11.9 Å². The van der Waals surface area contributed by atoms with Crippen molar-refractivity contribution in [3.8, 4) is 5.75 Å². The number of aromatic hydroxyl groups is 1. The SMILES string of the molecule is NCCCC[C@H](NC(=O)CNC(=O)[C@H](CCC(=O)O)NC(=O)[C@H](Cc1ccc(O)cc1)NC(=O)[C@@H](N)CCCCN)C(=O)O. The Morgan fingerprint density at radius 3 is 1.86 bits per heavy atom. The molecule has 1 aromatic rings. The number of nitrogens with one attached hydrogen (secondary N) is 4. The monoisotopic (exact) mass is 623 g/mol. The molecule has 0 bridgehead atoms. The molecule has 16 heteroatoms. The number of hydrogen-bond acceptors (Lipinski definition) is 10. The minimum Gasteiger partial charge on any atom is -0.508 e. The number of aliphatic carboxylic acids is 2. The molecule has 0 radical (unpaired) electrons. The van der Waals surface area contributed by atoms with E-state index in [0.717, 1.165) is 0 Å². The first-order chi connectivity index (χ1) is 20.9.